The predicted molar refractivity (Wildman–Crippen MR) is 74.7 cm³/mol. The molecule has 0 saturated carbocycles. The van der Waals surface area contributed by atoms with Gasteiger partial charge in [0.1, 0.15) is 5.78 Å². The fourth-order valence-corrected chi connectivity index (χ4v) is 3.22. The summed E-state index contributed by atoms with van der Waals surface area (Å²) in [6.45, 7) is 4.39. The van der Waals surface area contributed by atoms with Gasteiger partial charge in [-0.3, -0.25) is 4.79 Å². The Morgan fingerprint density at radius 3 is 2.88 bits per heavy atom. The lowest BCUT2D eigenvalue weighted by Gasteiger charge is -2.29. The third-order valence-electron chi connectivity index (χ3n) is 3.15. The van der Waals surface area contributed by atoms with Crippen LogP contribution in [-0.2, 0) is 11.2 Å². The second kappa shape index (κ2) is 5.72. The van der Waals surface area contributed by atoms with E-state index in [4.69, 9.17) is 0 Å². The molecule has 1 atom stereocenters. The molecule has 0 radical (unpaired) electrons. The maximum atomic E-state index is 11.8. The van der Waals surface area contributed by atoms with E-state index in [0.717, 1.165) is 18.6 Å². The highest BCUT2D eigenvalue weighted by molar-refractivity contribution is 7.99. The fourth-order valence-electron chi connectivity index (χ4n) is 2.29. The third kappa shape index (κ3) is 3.35. The van der Waals surface area contributed by atoms with Crippen molar-refractivity contribution in [3.05, 3.63) is 35.4 Å². The van der Waals surface area contributed by atoms with Crippen molar-refractivity contribution in [2.24, 2.45) is 5.92 Å². The highest BCUT2D eigenvalue weighted by atomic mass is 32.2. The van der Waals surface area contributed by atoms with Gasteiger partial charge in [0.2, 0.25) is 0 Å². The minimum Gasteiger partial charge on any atom is -0.299 e. The van der Waals surface area contributed by atoms with Crippen LogP contribution >= 0.6 is 11.8 Å². The molecule has 1 aromatic carbocycles. The van der Waals surface area contributed by atoms with E-state index in [1.807, 2.05) is 0 Å². The van der Waals surface area contributed by atoms with E-state index in [1.54, 1.807) is 11.8 Å². The maximum absolute atomic E-state index is 11.8. The van der Waals surface area contributed by atoms with Crippen LogP contribution in [0.5, 0.6) is 0 Å². The van der Waals surface area contributed by atoms with Crippen molar-refractivity contribution in [2.45, 2.75) is 32.6 Å². The zero-order valence-electron chi connectivity index (χ0n) is 10.6. The summed E-state index contributed by atoms with van der Waals surface area (Å²) in [5.74, 6) is 3.37. The van der Waals surface area contributed by atoms with Gasteiger partial charge in [-0.05, 0) is 35.1 Å². The number of carbonyl (C=O) groups excluding carboxylic acids is 1. The van der Waals surface area contributed by atoms with Crippen molar-refractivity contribution in [3.63, 3.8) is 0 Å². The number of rotatable bonds is 6. The number of benzene rings is 1. The molecule has 17 heavy (non-hydrogen) atoms. The average molecular weight is 248 g/mol. The summed E-state index contributed by atoms with van der Waals surface area (Å²) in [6, 6.07) is 8.49. The summed E-state index contributed by atoms with van der Waals surface area (Å²) < 4.78 is 0. The van der Waals surface area contributed by atoms with E-state index in [-0.39, 0.29) is 0 Å². The van der Waals surface area contributed by atoms with Crippen LogP contribution in [0.25, 0.3) is 0 Å². The normalized spacial score (nSPS) is 17.7. The Bertz CT molecular complexity index is 398. The van der Waals surface area contributed by atoms with Crippen molar-refractivity contribution in [1.82, 2.24) is 0 Å². The van der Waals surface area contributed by atoms with Crippen LogP contribution in [0.1, 0.15) is 37.3 Å². The van der Waals surface area contributed by atoms with Crippen LogP contribution in [-0.4, -0.2) is 17.3 Å². The molecule has 0 heterocycles. The first-order chi connectivity index (χ1) is 8.16. The van der Waals surface area contributed by atoms with Gasteiger partial charge in [0.15, 0.2) is 0 Å². The molecule has 0 N–H and O–H groups in total. The number of carbonyl (C=O) groups is 1. The van der Waals surface area contributed by atoms with E-state index in [1.165, 1.54) is 11.1 Å². The van der Waals surface area contributed by atoms with Crippen LogP contribution < -0.4 is 0 Å². The van der Waals surface area contributed by atoms with Gasteiger partial charge < -0.3 is 0 Å². The van der Waals surface area contributed by atoms with Gasteiger partial charge >= 0.3 is 0 Å². The lowest BCUT2D eigenvalue weighted by atomic mass is 9.75. The smallest absolute Gasteiger partial charge is 0.143 e. The number of fused-ring (bicyclic) bond motifs is 1. The Kier molecular flexibility index (Phi) is 4.27. The van der Waals surface area contributed by atoms with Crippen molar-refractivity contribution in [1.29, 1.82) is 0 Å². The zero-order valence-corrected chi connectivity index (χ0v) is 11.4. The van der Waals surface area contributed by atoms with Crippen LogP contribution in [0.2, 0.25) is 0 Å². The molecule has 0 spiro atoms. The lowest BCUT2D eigenvalue weighted by molar-refractivity contribution is -0.117. The van der Waals surface area contributed by atoms with Crippen molar-refractivity contribution >= 4 is 17.5 Å². The number of ketones is 1. The Labute approximate surface area is 108 Å². The van der Waals surface area contributed by atoms with Gasteiger partial charge in [0.25, 0.3) is 0 Å². The maximum Gasteiger partial charge on any atom is 0.143 e. The molecule has 0 bridgehead atoms. The molecule has 1 nitrogen and oxygen atoms in total. The molecule has 0 aliphatic heterocycles. The van der Waals surface area contributed by atoms with E-state index < -0.39 is 0 Å². The van der Waals surface area contributed by atoms with Gasteiger partial charge in [-0.25, -0.2) is 0 Å². The Morgan fingerprint density at radius 2 is 2.18 bits per heavy atom. The average Bonchev–Trinajstić information content (AvgIpc) is 2.25. The summed E-state index contributed by atoms with van der Waals surface area (Å²) in [4.78, 5) is 11.8. The Balaban J connectivity index is 1.75. The topological polar surface area (TPSA) is 17.1 Å². The van der Waals surface area contributed by atoms with Crippen LogP contribution in [0.4, 0.5) is 0 Å². The van der Waals surface area contributed by atoms with Gasteiger partial charge in [-0.15, -0.1) is 0 Å². The van der Waals surface area contributed by atoms with E-state index in [2.05, 4.69) is 38.1 Å². The summed E-state index contributed by atoms with van der Waals surface area (Å²) in [5.41, 5.74) is 2.83. The van der Waals surface area contributed by atoms with E-state index in [9.17, 15) is 4.79 Å². The quantitative estimate of drug-likeness (QED) is 0.764. The SMILES string of the molecule is CC(C)CSCC(=O)CC1Cc2ccccc21. The van der Waals surface area contributed by atoms with Gasteiger partial charge in [0.05, 0.1) is 5.75 Å². The molecule has 0 fully saturated rings. The van der Waals surface area contributed by atoms with E-state index >= 15 is 0 Å². The molecule has 1 unspecified atom stereocenters. The van der Waals surface area contributed by atoms with Gasteiger partial charge in [-0.1, -0.05) is 38.1 Å². The molecule has 1 aromatic rings. The zero-order chi connectivity index (χ0) is 12.3. The molecular weight excluding hydrogens is 228 g/mol. The van der Waals surface area contributed by atoms with Crippen molar-refractivity contribution in [3.8, 4) is 0 Å². The standard InChI is InChI=1S/C15H20OS/c1-11(2)9-17-10-14(16)8-13-7-12-5-3-4-6-15(12)13/h3-6,11,13H,7-10H2,1-2H3. The van der Waals surface area contributed by atoms with Crippen molar-refractivity contribution in [2.75, 3.05) is 11.5 Å². The second-order valence-electron chi connectivity index (χ2n) is 5.25. The summed E-state index contributed by atoms with van der Waals surface area (Å²) in [5, 5.41) is 0. The fraction of sp³-hybridized carbons (Fsp3) is 0.533. The van der Waals surface area contributed by atoms with Crippen LogP contribution in [0.15, 0.2) is 24.3 Å². The number of thioether (sulfide) groups is 1. The molecule has 1 aliphatic carbocycles. The first-order valence-corrected chi connectivity index (χ1v) is 7.49. The molecule has 0 saturated heterocycles. The molecule has 2 heteroatoms. The number of hydrogen-bond acceptors (Lipinski definition) is 2. The summed E-state index contributed by atoms with van der Waals surface area (Å²) in [6.07, 6.45) is 1.83. The highest BCUT2D eigenvalue weighted by Gasteiger charge is 2.27. The minimum atomic E-state index is 0.412. The highest BCUT2D eigenvalue weighted by Crippen LogP contribution is 2.37. The summed E-state index contributed by atoms with van der Waals surface area (Å²) in [7, 11) is 0. The first-order valence-electron chi connectivity index (χ1n) is 6.34. The number of hydrogen-bond donors (Lipinski definition) is 0. The van der Waals surface area contributed by atoms with E-state index in [0.29, 0.717) is 23.4 Å². The Morgan fingerprint density at radius 1 is 1.41 bits per heavy atom. The molecule has 2 rings (SSSR count). The Hall–Kier alpha value is -0.760. The lowest BCUT2D eigenvalue weighted by Crippen LogP contribution is -2.21. The molecule has 1 aliphatic rings. The first kappa shape index (κ1) is 12.7. The van der Waals surface area contributed by atoms with Crippen LogP contribution in [0, 0.1) is 5.92 Å². The van der Waals surface area contributed by atoms with Crippen molar-refractivity contribution < 1.29 is 4.79 Å². The third-order valence-corrected chi connectivity index (χ3v) is 4.58. The largest absolute Gasteiger partial charge is 0.299 e. The van der Waals surface area contributed by atoms with Gasteiger partial charge in [0, 0.05) is 6.42 Å². The predicted octanol–water partition coefficient (Wildman–Crippen LogP) is 3.67. The molecule has 0 aromatic heterocycles. The number of Topliss-reactive ketones (excluding diaryl/α,β-unsaturated/α-hetero) is 1. The summed E-state index contributed by atoms with van der Waals surface area (Å²) >= 11 is 1.78. The molecule has 92 valence electrons. The molecule has 0 amide bonds. The monoisotopic (exact) mass is 248 g/mol. The van der Waals surface area contributed by atoms with Crippen LogP contribution in [0.3, 0.4) is 0 Å². The second-order valence-corrected chi connectivity index (χ2v) is 6.28. The van der Waals surface area contributed by atoms with Gasteiger partial charge in [-0.2, -0.15) is 11.8 Å². The minimum absolute atomic E-state index is 0.412. The molecular formula is C15H20OS.